The van der Waals surface area contributed by atoms with Gasteiger partial charge in [0.25, 0.3) is 15.9 Å². The third-order valence-corrected chi connectivity index (χ3v) is 8.89. The maximum absolute atomic E-state index is 13.4. The number of halogens is 3. The van der Waals surface area contributed by atoms with Gasteiger partial charge in [0.2, 0.25) is 5.88 Å². The molecule has 1 unspecified atom stereocenters. The van der Waals surface area contributed by atoms with Crippen LogP contribution < -0.4 is 14.4 Å². The minimum Gasteiger partial charge on any atom is -0.476 e. The summed E-state index contributed by atoms with van der Waals surface area (Å²) in [4.78, 5) is 20.0. The van der Waals surface area contributed by atoms with Crippen LogP contribution in [-0.4, -0.2) is 70.2 Å². The molecule has 3 aromatic heterocycles. The van der Waals surface area contributed by atoms with Crippen LogP contribution in [0.4, 0.5) is 19.0 Å². The lowest BCUT2D eigenvalue weighted by atomic mass is 9.92. The second-order valence-corrected chi connectivity index (χ2v) is 13.4. The first-order valence-corrected chi connectivity index (χ1v) is 14.7. The molecule has 0 spiro atoms. The van der Waals surface area contributed by atoms with Gasteiger partial charge in [-0.2, -0.15) is 13.2 Å². The Morgan fingerprint density at radius 1 is 1.24 bits per heavy atom. The molecule has 15 heteroatoms. The van der Waals surface area contributed by atoms with Crippen LogP contribution in [0.3, 0.4) is 0 Å². The maximum atomic E-state index is 13.4. The molecule has 1 fully saturated rings. The van der Waals surface area contributed by atoms with Crippen molar-refractivity contribution in [1.82, 2.24) is 24.1 Å². The molecule has 42 heavy (non-hydrogen) atoms. The third-order valence-electron chi connectivity index (χ3n) is 7.43. The van der Waals surface area contributed by atoms with E-state index in [0.29, 0.717) is 12.1 Å². The van der Waals surface area contributed by atoms with E-state index < -0.39 is 46.3 Å². The molecule has 0 bridgehead atoms. The van der Waals surface area contributed by atoms with Gasteiger partial charge in [-0.05, 0) is 57.7 Å². The number of alkyl halides is 3. The first-order valence-electron chi connectivity index (χ1n) is 13.2. The minimum atomic E-state index is -4.69. The molecule has 1 saturated heterocycles. The number of hydrogen-bond acceptors (Lipinski definition) is 8. The summed E-state index contributed by atoms with van der Waals surface area (Å²) in [6, 6.07) is 4.25. The highest BCUT2D eigenvalue weighted by atomic mass is 32.2. The Balaban J connectivity index is 1.68. The van der Waals surface area contributed by atoms with E-state index in [2.05, 4.69) is 21.7 Å². The lowest BCUT2D eigenvalue weighted by Gasteiger charge is -2.34. The van der Waals surface area contributed by atoms with Crippen LogP contribution in [0.5, 0.6) is 5.88 Å². The summed E-state index contributed by atoms with van der Waals surface area (Å²) in [5.74, 6) is -0.251. The van der Waals surface area contributed by atoms with E-state index in [1.165, 1.54) is 35.3 Å². The van der Waals surface area contributed by atoms with Crippen LogP contribution in [0.25, 0.3) is 5.82 Å². The molecule has 4 rings (SSSR count). The summed E-state index contributed by atoms with van der Waals surface area (Å²) in [5, 5.41) is 13.5. The zero-order valence-electron chi connectivity index (χ0n) is 24.2. The molecule has 1 aliphatic heterocycles. The van der Waals surface area contributed by atoms with Crippen molar-refractivity contribution in [2.75, 3.05) is 24.7 Å². The molecule has 11 nitrogen and oxygen atoms in total. The highest BCUT2D eigenvalue weighted by Crippen LogP contribution is 2.39. The first-order chi connectivity index (χ1) is 19.4. The molecule has 230 valence electrons. The Labute approximate surface area is 242 Å². The standard InChI is InChI=1S/C27H35F3N6O5S/c1-17-11-25(3,4)35(12-17)23-19(24(38)33-42(39,40)20-14-34(6)13-18(20)2)7-8-21(31-23)36-10-9-22(32-36)41-16-26(5,15-37)27(28,29)30/h7-10,13-14,17,37H,11-12,15-16H2,1-6H3,(H,33,38)/t17-,26?/m0/s1. The van der Waals surface area contributed by atoms with Crippen LogP contribution >= 0.6 is 0 Å². The van der Waals surface area contributed by atoms with E-state index in [9.17, 15) is 31.5 Å². The summed E-state index contributed by atoms with van der Waals surface area (Å²) in [6.45, 7) is 7.08. The van der Waals surface area contributed by atoms with Crippen LogP contribution in [-0.2, 0) is 17.1 Å². The van der Waals surface area contributed by atoms with Gasteiger partial charge in [-0.1, -0.05) is 6.92 Å². The Morgan fingerprint density at radius 2 is 1.93 bits per heavy atom. The number of hydrogen-bond donors (Lipinski definition) is 2. The van der Waals surface area contributed by atoms with Gasteiger partial charge in [-0.15, -0.1) is 5.10 Å². The Bertz CT molecular complexity index is 1580. The van der Waals surface area contributed by atoms with Gasteiger partial charge in [0.05, 0.1) is 12.2 Å². The monoisotopic (exact) mass is 612 g/mol. The third kappa shape index (κ3) is 6.11. The normalized spacial score (nSPS) is 18.6. The molecule has 0 aromatic carbocycles. The van der Waals surface area contributed by atoms with E-state index in [0.717, 1.165) is 13.3 Å². The zero-order chi connectivity index (χ0) is 31.3. The summed E-state index contributed by atoms with van der Waals surface area (Å²) in [7, 11) is -2.51. The van der Waals surface area contributed by atoms with Crippen molar-refractivity contribution in [2.24, 2.45) is 18.4 Å². The van der Waals surface area contributed by atoms with Crippen molar-refractivity contribution in [3.05, 3.63) is 47.9 Å². The van der Waals surface area contributed by atoms with Crippen molar-refractivity contribution in [1.29, 1.82) is 0 Å². The number of amides is 1. The first kappa shape index (κ1) is 31.3. The van der Waals surface area contributed by atoms with Crippen molar-refractivity contribution in [3.63, 3.8) is 0 Å². The van der Waals surface area contributed by atoms with E-state index in [1.54, 1.807) is 24.7 Å². The number of sulfonamides is 1. The number of anilines is 1. The quantitative estimate of drug-likeness (QED) is 0.375. The lowest BCUT2D eigenvalue weighted by Crippen LogP contribution is -2.43. The van der Waals surface area contributed by atoms with Crippen molar-refractivity contribution in [3.8, 4) is 11.7 Å². The van der Waals surface area contributed by atoms with E-state index >= 15 is 0 Å². The highest BCUT2D eigenvalue weighted by Gasteiger charge is 2.51. The average Bonchev–Trinajstić information content (AvgIpc) is 3.57. The van der Waals surface area contributed by atoms with Crippen LogP contribution in [0.15, 0.2) is 41.7 Å². The van der Waals surface area contributed by atoms with Gasteiger partial charge in [0.1, 0.15) is 22.7 Å². The molecule has 1 aliphatic rings. The molecule has 2 atom stereocenters. The van der Waals surface area contributed by atoms with Gasteiger partial charge in [0.15, 0.2) is 5.82 Å². The largest absolute Gasteiger partial charge is 0.476 e. The topological polar surface area (TPSA) is 132 Å². The molecule has 1 amide bonds. The molecule has 0 saturated carbocycles. The molecular formula is C27H35F3N6O5S. The molecule has 0 aliphatic carbocycles. The highest BCUT2D eigenvalue weighted by molar-refractivity contribution is 7.90. The number of aromatic nitrogens is 4. The van der Waals surface area contributed by atoms with Crippen LogP contribution in [0, 0.1) is 18.3 Å². The SMILES string of the molecule is Cc1cn(C)cc1S(=O)(=O)NC(=O)c1ccc(-n2ccc(OCC(C)(CO)C(F)(F)F)n2)nc1N1C[C@@H](C)CC1(C)C. The second kappa shape index (κ2) is 10.9. The van der Waals surface area contributed by atoms with E-state index in [-0.39, 0.29) is 33.9 Å². The minimum absolute atomic E-state index is 0.0218. The Hall–Kier alpha value is -3.59. The fraction of sp³-hybridized carbons (Fsp3) is 0.519. The van der Waals surface area contributed by atoms with Crippen LogP contribution in [0.2, 0.25) is 0 Å². The number of aliphatic hydroxyl groups is 1. The summed E-state index contributed by atoms with van der Waals surface area (Å²) in [5.41, 5.74) is -2.38. The number of aliphatic hydroxyl groups excluding tert-OH is 1. The Kier molecular flexibility index (Phi) is 8.15. The second-order valence-electron chi connectivity index (χ2n) is 11.8. The Morgan fingerprint density at radius 3 is 2.48 bits per heavy atom. The van der Waals surface area contributed by atoms with Crippen LogP contribution in [0.1, 0.15) is 50.0 Å². The smallest absolute Gasteiger partial charge is 0.399 e. The van der Waals surface area contributed by atoms with Gasteiger partial charge in [-0.3, -0.25) is 4.79 Å². The van der Waals surface area contributed by atoms with Crippen molar-refractivity contribution < 1.29 is 36.2 Å². The number of rotatable bonds is 9. The van der Waals surface area contributed by atoms with Crippen molar-refractivity contribution >= 4 is 21.7 Å². The zero-order valence-corrected chi connectivity index (χ0v) is 25.0. The number of nitrogens with zero attached hydrogens (tertiary/aromatic N) is 5. The summed E-state index contributed by atoms with van der Waals surface area (Å²) < 4.78 is 76.4. The molecule has 3 aromatic rings. The fourth-order valence-electron chi connectivity index (χ4n) is 5.08. The number of ether oxygens (including phenoxy) is 1. The number of carbonyl (C=O) groups excluding carboxylic acids is 1. The summed E-state index contributed by atoms with van der Waals surface area (Å²) in [6.07, 6.45) is 0.581. The molecular weight excluding hydrogens is 577 g/mol. The van der Waals surface area contributed by atoms with Gasteiger partial charge < -0.3 is 19.3 Å². The van der Waals surface area contributed by atoms with Gasteiger partial charge in [0, 0.05) is 43.8 Å². The van der Waals surface area contributed by atoms with Gasteiger partial charge in [-0.25, -0.2) is 22.8 Å². The summed E-state index contributed by atoms with van der Waals surface area (Å²) >= 11 is 0. The molecule has 2 N–H and O–H groups in total. The number of nitrogens with one attached hydrogen (secondary N) is 1. The van der Waals surface area contributed by atoms with E-state index in [4.69, 9.17) is 4.74 Å². The number of carbonyl (C=O) groups is 1. The lowest BCUT2D eigenvalue weighted by molar-refractivity contribution is -0.237. The fourth-order valence-corrected chi connectivity index (χ4v) is 6.32. The van der Waals surface area contributed by atoms with Gasteiger partial charge >= 0.3 is 6.18 Å². The predicted molar refractivity (Wildman–Crippen MR) is 148 cm³/mol. The molecule has 4 heterocycles. The van der Waals surface area contributed by atoms with E-state index in [1.807, 2.05) is 18.7 Å². The number of aryl methyl sites for hydroxylation is 2. The number of pyridine rings is 1. The average molecular weight is 613 g/mol. The van der Waals surface area contributed by atoms with Crippen molar-refractivity contribution in [2.45, 2.75) is 57.7 Å². The maximum Gasteiger partial charge on any atom is 0.399 e. The molecule has 0 radical (unpaired) electrons. The predicted octanol–water partition coefficient (Wildman–Crippen LogP) is 3.60.